The quantitative estimate of drug-likeness (QED) is 0.559. The van der Waals surface area contributed by atoms with Crippen molar-refractivity contribution >= 4 is 23.6 Å². The molecule has 0 aliphatic carbocycles. The van der Waals surface area contributed by atoms with Crippen LogP contribution in [0.25, 0.3) is 0 Å². The van der Waals surface area contributed by atoms with Gasteiger partial charge in [-0.05, 0) is 13.3 Å². The van der Waals surface area contributed by atoms with E-state index in [2.05, 4.69) is 0 Å². The molecule has 90 valence electrons. The highest BCUT2D eigenvalue weighted by atomic mass is 32.2. The van der Waals surface area contributed by atoms with Gasteiger partial charge in [0, 0.05) is 13.2 Å². The van der Waals surface area contributed by atoms with Crippen LogP contribution in [0.3, 0.4) is 0 Å². The Balaban J connectivity index is 2.63. The van der Waals surface area contributed by atoms with Crippen molar-refractivity contribution in [3.05, 3.63) is 11.1 Å². The van der Waals surface area contributed by atoms with E-state index in [1.54, 1.807) is 6.92 Å². The minimum atomic E-state index is -0.436. The Hall–Kier alpha value is -1.01. The molecule has 1 heterocycles. The van der Waals surface area contributed by atoms with Crippen LogP contribution in [0.2, 0.25) is 0 Å². The number of amides is 1. The number of hydrogen-bond donors (Lipinski definition) is 1. The summed E-state index contributed by atoms with van der Waals surface area (Å²) in [6.07, 6.45) is 1.84. The fourth-order valence-corrected chi connectivity index (χ4v) is 2.24. The summed E-state index contributed by atoms with van der Waals surface area (Å²) >= 11 is 1.32. The standard InChI is InChI=1S/C10H15NO4S/c1-2-15-10(14)6-9-11(4-3-5-12)8(13)7-16-9/h6,12H,2-5,7H2,1H3/b9-6-. The van der Waals surface area contributed by atoms with Gasteiger partial charge in [0.05, 0.1) is 23.5 Å². The first kappa shape index (κ1) is 13.1. The zero-order valence-corrected chi connectivity index (χ0v) is 9.96. The van der Waals surface area contributed by atoms with E-state index < -0.39 is 5.97 Å². The van der Waals surface area contributed by atoms with Gasteiger partial charge in [-0.2, -0.15) is 0 Å². The number of rotatable bonds is 5. The predicted molar refractivity (Wildman–Crippen MR) is 60.6 cm³/mol. The van der Waals surface area contributed by atoms with Crippen molar-refractivity contribution in [3.8, 4) is 0 Å². The van der Waals surface area contributed by atoms with E-state index in [0.29, 0.717) is 30.4 Å². The molecule has 0 atom stereocenters. The Labute approximate surface area is 98.4 Å². The number of ether oxygens (including phenoxy) is 1. The number of esters is 1. The molecule has 0 radical (unpaired) electrons. The van der Waals surface area contributed by atoms with Crippen molar-refractivity contribution in [1.29, 1.82) is 0 Å². The van der Waals surface area contributed by atoms with Crippen LogP contribution in [-0.4, -0.2) is 47.4 Å². The van der Waals surface area contributed by atoms with Gasteiger partial charge in [-0.15, -0.1) is 0 Å². The smallest absolute Gasteiger partial charge is 0.333 e. The largest absolute Gasteiger partial charge is 0.463 e. The van der Waals surface area contributed by atoms with E-state index in [1.807, 2.05) is 0 Å². The molecule has 1 rings (SSSR count). The summed E-state index contributed by atoms with van der Waals surface area (Å²) in [5.74, 6) is -0.126. The van der Waals surface area contributed by atoms with Crippen LogP contribution in [0.4, 0.5) is 0 Å². The number of nitrogens with zero attached hydrogens (tertiary/aromatic N) is 1. The van der Waals surface area contributed by atoms with E-state index >= 15 is 0 Å². The molecule has 0 aromatic carbocycles. The van der Waals surface area contributed by atoms with Crippen molar-refractivity contribution in [2.75, 3.05) is 25.5 Å². The monoisotopic (exact) mass is 245 g/mol. The number of hydrogen-bond acceptors (Lipinski definition) is 5. The molecule has 0 unspecified atom stereocenters. The maximum atomic E-state index is 11.5. The van der Waals surface area contributed by atoms with Gasteiger partial charge in [-0.25, -0.2) is 4.79 Å². The Morgan fingerprint density at radius 3 is 3.06 bits per heavy atom. The van der Waals surface area contributed by atoms with Crippen LogP contribution in [0.1, 0.15) is 13.3 Å². The summed E-state index contributed by atoms with van der Waals surface area (Å²) < 4.78 is 4.78. The van der Waals surface area contributed by atoms with Gasteiger partial charge >= 0.3 is 5.97 Å². The first-order valence-corrected chi connectivity index (χ1v) is 6.10. The van der Waals surface area contributed by atoms with Crippen molar-refractivity contribution < 1.29 is 19.4 Å². The first-order chi connectivity index (χ1) is 7.69. The van der Waals surface area contributed by atoms with E-state index in [0.717, 1.165) is 0 Å². The van der Waals surface area contributed by atoms with Crippen LogP contribution >= 0.6 is 11.8 Å². The van der Waals surface area contributed by atoms with Crippen LogP contribution in [-0.2, 0) is 14.3 Å². The van der Waals surface area contributed by atoms with Gasteiger partial charge in [0.15, 0.2) is 0 Å². The van der Waals surface area contributed by atoms with E-state index in [-0.39, 0.29) is 12.5 Å². The average molecular weight is 245 g/mol. The molecule has 0 spiro atoms. The zero-order valence-electron chi connectivity index (χ0n) is 9.14. The Bertz CT molecular complexity index is 303. The summed E-state index contributed by atoms with van der Waals surface area (Å²) in [4.78, 5) is 24.2. The Morgan fingerprint density at radius 2 is 2.44 bits per heavy atom. The molecule has 1 amide bonds. The Kier molecular flexibility index (Phi) is 5.34. The van der Waals surface area contributed by atoms with Gasteiger partial charge < -0.3 is 14.7 Å². The van der Waals surface area contributed by atoms with Gasteiger partial charge in [-0.1, -0.05) is 11.8 Å². The molecule has 0 aromatic heterocycles. The van der Waals surface area contributed by atoms with Gasteiger partial charge in [0.25, 0.3) is 0 Å². The lowest BCUT2D eigenvalue weighted by molar-refractivity contribution is -0.137. The van der Waals surface area contributed by atoms with Crippen molar-refractivity contribution in [3.63, 3.8) is 0 Å². The first-order valence-electron chi connectivity index (χ1n) is 5.11. The third kappa shape index (κ3) is 3.53. The van der Waals surface area contributed by atoms with Crippen LogP contribution in [0.5, 0.6) is 0 Å². The summed E-state index contributed by atoms with van der Waals surface area (Å²) in [5, 5.41) is 9.32. The van der Waals surface area contributed by atoms with Gasteiger partial charge in [0.2, 0.25) is 5.91 Å². The fourth-order valence-electron chi connectivity index (χ4n) is 1.28. The lowest BCUT2D eigenvalue weighted by Crippen LogP contribution is -2.26. The molecule has 5 nitrogen and oxygen atoms in total. The minimum Gasteiger partial charge on any atom is -0.463 e. The molecule has 1 aliphatic heterocycles. The average Bonchev–Trinajstić information content (AvgIpc) is 2.57. The van der Waals surface area contributed by atoms with Crippen LogP contribution in [0.15, 0.2) is 11.1 Å². The SMILES string of the molecule is CCOC(=O)/C=C1\SCC(=O)N1CCCO. The number of carbonyl (C=O) groups excluding carboxylic acids is 2. The lowest BCUT2D eigenvalue weighted by atomic mass is 10.4. The third-order valence-electron chi connectivity index (χ3n) is 1.98. The van der Waals surface area contributed by atoms with Crippen molar-refractivity contribution in [1.82, 2.24) is 4.90 Å². The maximum Gasteiger partial charge on any atom is 0.333 e. The molecule has 0 saturated carbocycles. The molecular formula is C10H15NO4S. The highest BCUT2D eigenvalue weighted by molar-refractivity contribution is 8.04. The molecule has 1 aliphatic rings. The predicted octanol–water partition coefficient (Wildman–Crippen LogP) is 0.349. The molecule has 1 fully saturated rings. The number of aliphatic hydroxyl groups is 1. The zero-order chi connectivity index (χ0) is 12.0. The fraction of sp³-hybridized carbons (Fsp3) is 0.600. The molecular weight excluding hydrogens is 230 g/mol. The summed E-state index contributed by atoms with van der Waals surface area (Å²) in [6, 6.07) is 0. The number of thioether (sulfide) groups is 1. The second-order valence-corrected chi connectivity index (χ2v) is 4.14. The Morgan fingerprint density at radius 1 is 1.69 bits per heavy atom. The topological polar surface area (TPSA) is 66.8 Å². The summed E-state index contributed by atoms with van der Waals surface area (Å²) in [5.41, 5.74) is 0. The van der Waals surface area contributed by atoms with Crippen molar-refractivity contribution in [2.45, 2.75) is 13.3 Å². The molecule has 6 heteroatoms. The molecule has 1 N–H and O–H groups in total. The van der Waals surface area contributed by atoms with Gasteiger partial charge in [-0.3, -0.25) is 4.79 Å². The minimum absolute atomic E-state index is 0.0289. The summed E-state index contributed by atoms with van der Waals surface area (Å²) in [7, 11) is 0. The molecule has 16 heavy (non-hydrogen) atoms. The molecule has 0 aromatic rings. The van der Waals surface area contributed by atoms with Crippen molar-refractivity contribution in [2.24, 2.45) is 0 Å². The van der Waals surface area contributed by atoms with E-state index in [9.17, 15) is 9.59 Å². The van der Waals surface area contributed by atoms with Crippen LogP contribution in [0, 0.1) is 0 Å². The number of aliphatic hydroxyl groups excluding tert-OH is 1. The maximum absolute atomic E-state index is 11.5. The highest BCUT2D eigenvalue weighted by Gasteiger charge is 2.26. The van der Waals surface area contributed by atoms with Crippen LogP contribution < -0.4 is 0 Å². The lowest BCUT2D eigenvalue weighted by Gasteiger charge is -2.15. The second-order valence-electron chi connectivity index (χ2n) is 3.15. The highest BCUT2D eigenvalue weighted by Crippen LogP contribution is 2.28. The second kappa shape index (κ2) is 6.55. The molecule has 0 bridgehead atoms. The summed E-state index contributed by atoms with van der Waals surface area (Å²) in [6.45, 7) is 2.51. The number of carbonyl (C=O) groups is 2. The van der Waals surface area contributed by atoms with E-state index in [1.165, 1.54) is 22.7 Å². The van der Waals surface area contributed by atoms with E-state index in [4.69, 9.17) is 9.84 Å². The molecule has 1 saturated heterocycles. The van der Waals surface area contributed by atoms with Gasteiger partial charge in [0.1, 0.15) is 0 Å². The third-order valence-corrected chi connectivity index (χ3v) is 3.00. The normalized spacial score (nSPS) is 18.2.